The lowest BCUT2D eigenvalue weighted by molar-refractivity contribution is -0.123. The molecule has 0 spiro atoms. The van der Waals surface area contributed by atoms with Crippen molar-refractivity contribution >= 4 is 16.8 Å². The van der Waals surface area contributed by atoms with Gasteiger partial charge in [-0.15, -0.1) is 0 Å². The number of aryl methyl sites for hydroxylation is 1. The largest absolute Gasteiger partial charge is 0.483 e. The summed E-state index contributed by atoms with van der Waals surface area (Å²) in [6.07, 6.45) is 2.61. The maximum Gasteiger partial charge on any atom is 0.258 e. The molecule has 1 amide bonds. The van der Waals surface area contributed by atoms with E-state index in [4.69, 9.17) is 4.74 Å². The Kier molecular flexibility index (Phi) is 4.18. The van der Waals surface area contributed by atoms with Crippen molar-refractivity contribution in [2.24, 2.45) is 0 Å². The van der Waals surface area contributed by atoms with Crippen molar-refractivity contribution in [1.82, 2.24) is 10.3 Å². The number of ether oxygens (including phenoxy) is 1. The van der Waals surface area contributed by atoms with Crippen molar-refractivity contribution in [1.29, 1.82) is 0 Å². The van der Waals surface area contributed by atoms with Gasteiger partial charge < -0.3 is 15.0 Å². The lowest BCUT2D eigenvalue weighted by Crippen LogP contribution is -2.38. The van der Waals surface area contributed by atoms with Gasteiger partial charge in [-0.3, -0.25) is 4.79 Å². The number of para-hydroxylation sites is 2. The fraction of sp³-hybridized carbons (Fsp3) is 0.286. The first-order chi connectivity index (χ1) is 12.2. The van der Waals surface area contributed by atoms with Gasteiger partial charge in [0.25, 0.3) is 5.91 Å². The maximum absolute atomic E-state index is 12.3. The van der Waals surface area contributed by atoms with Crippen LogP contribution >= 0.6 is 0 Å². The summed E-state index contributed by atoms with van der Waals surface area (Å²) in [7, 11) is 0. The Labute approximate surface area is 147 Å². The van der Waals surface area contributed by atoms with Gasteiger partial charge in [0.2, 0.25) is 0 Å². The minimum absolute atomic E-state index is 0.0577. The minimum atomic E-state index is -0.0645. The van der Waals surface area contributed by atoms with Crippen LogP contribution in [0.25, 0.3) is 10.9 Å². The van der Waals surface area contributed by atoms with Crippen molar-refractivity contribution < 1.29 is 9.53 Å². The van der Waals surface area contributed by atoms with Crippen LogP contribution in [0.2, 0.25) is 0 Å². The molecule has 2 N–H and O–H groups in total. The molecule has 1 unspecified atom stereocenters. The highest BCUT2D eigenvalue weighted by atomic mass is 16.5. The highest BCUT2D eigenvalue weighted by Gasteiger charge is 2.26. The number of H-pyrrole nitrogens is 1. The van der Waals surface area contributed by atoms with Crippen LogP contribution in [0.5, 0.6) is 5.75 Å². The fourth-order valence-corrected chi connectivity index (χ4v) is 3.68. The fourth-order valence-electron chi connectivity index (χ4n) is 3.68. The number of fused-ring (bicyclic) bond motifs is 3. The molecule has 1 atom stereocenters. The highest BCUT2D eigenvalue weighted by molar-refractivity contribution is 5.86. The molecular formula is C21H22N2O2. The monoisotopic (exact) mass is 334 g/mol. The quantitative estimate of drug-likeness (QED) is 0.751. The summed E-state index contributed by atoms with van der Waals surface area (Å²) in [5.41, 5.74) is 4.87. The molecule has 25 heavy (non-hydrogen) atoms. The molecule has 4 nitrogen and oxygen atoms in total. The summed E-state index contributed by atoms with van der Waals surface area (Å²) in [5.74, 6) is 0.730. The van der Waals surface area contributed by atoms with Gasteiger partial charge in [0.1, 0.15) is 5.75 Å². The summed E-state index contributed by atoms with van der Waals surface area (Å²) < 4.78 is 5.71. The Morgan fingerprint density at radius 3 is 2.84 bits per heavy atom. The second-order valence-electron chi connectivity index (χ2n) is 6.55. The Bertz CT molecular complexity index is 913. The summed E-state index contributed by atoms with van der Waals surface area (Å²) in [4.78, 5) is 15.7. The number of amides is 1. The van der Waals surface area contributed by atoms with Gasteiger partial charge in [0.05, 0.1) is 0 Å². The topological polar surface area (TPSA) is 54.1 Å². The van der Waals surface area contributed by atoms with Crippen molar-refractivity contribution in [2.45, 2.75) is 32.2 Å². The van der Waals surface area contributed by atoms with Crippen molar-refractivity contribution in [2.75, 3.05) is 6.61 Å². The van der Waals surface area contributed by atoms with Gasteiger partial charge in [-0.05, 0) is 36.1 Å². The number of hydrogen-bond acceptors (Lipinski definition) is 2. The van der Waals surface area contributed by atoms with Crippen LogP contribution in [-0.4, -0.2) is 23.5 Å². The molecule has 0 aliphatic heterocycles. The van der Waals surface area contributed by atoms with Crippen LogP contribution in [0.1, 0.15) is 23.7 Å². The number of aromatic nitrogens is 1. The van der Waals surface area contributed by atoms with E-state index in [0.29, 0.717) is 0 Å². The third-order valence-corrected chi connectivity index (χ3v) is 4.88. The molecule has 128 valence electrons. The van der Waals surface area contributed by atoms with Gasteiger partial charge in [0.15, 0.2) is 6.61 Å². The predicted molar refractivity (Wildman–Crippen MR) is 99.0 cm³/mol. The van der Waals surface area contributed by atoms with E-state index in [0.717, 1.165) is 30.6 Å². The van der Waals surface area contributed by atoms with E-state index >= 15 is 0 Å². The first-order valence-electron chi connectivity index (χ1n) is 8.83. The molecule has 1 aliphatic rings. The molecule has 1 heterocycles. The Balaban J connectivity index is 1.36. The highest BCUT2D eigenvalue weighted by Crippen LogP contribution is 2.29. The third-order valence-electron chi connectivity index (χ3n) is 4.88. The molecule has 1 aromatic heterocycles. The van der Waals surface area contributed by atoms with Crippen molar-refractivity contribution in [3.8, 4) is 5.75 Å². The third kappa shape index (κ3) is 3.12. The number of aromatic amines is 1. The van der Waals surface area contributed by atoms with E-state index in [-0.39, 0.29) is 18.6 Å². The van der Waals surface area contributed by atoms with E-state index in [1.54, 1.807) is 0 Å². The van der Waals surface area contributed by atoms with E-state index < -0.39 is 0 Å². The zero-order valence-electron chi connectivity index (χ0n) is 14.3. The normalized spacial score (nSPS) is 16.0. The van der Waals surface area contributed by atoms with Crippen LogP contribution < -0.4 is 10.1 Å². The number of benzene rings is 2. The minimum Gasteiger partial charge on any atom is -0.483 e. The van der Waals surface area contributed by atoms with Gasteiger partial charge in [-0.2, -0.15) is 0 Å². The second kappa shape index (κ2) is 6.63. The molecule has 4 rings (SSSR count). The summed E-state index contributed by atoms with van der Waals surface area (Å²) in [6, 6.07) is 16.3. The van der Waals surface area contributed by atoms with Crippen LogP contribution in [0.4, 0.5) is 0 Å². The molecule has 0 radical (unpaired) electrons. The Morgan fingerprint density at radius 1 is 1.16 bits per heavy atom. The zero-order valence-corrected chi connectivity index (χ0v) is 14.3. The predicted octanol–water partition coefficient (Wildman–Crippen LogP) is 3.39. The number of carbonyl (C=O) groups excluding carboxylic acids is 1. The molecule has 4 heteroatoms. The average molecular weight is 334 g/mol. The molecule has 0 saturated carbocycles. The van der Waals surface area contributed by atoms with Crippen LogP contribution in [0.15, 0.2) is 48.5 Å². The van der Waals surface area contributed by atoms with Crippen molar-refractivity contribution in [3.05, 3.63) is 65.4 Å². The Morgan fingerprint density at radius 2 is 1.96 bits per heavy atom. The van der Waals surface area contributed by atoms with E-state index in [9.17, 15) is 4.79 Å². The molecular weight excluding hydrogens is 312 g/mol. The summed E-state index contributed by atoms with van der Waals surface area (Å²) >= 11 is 0. The standard InChI is InChI=1S/C21H22N2O2/c1-2-14-7-3-6-10-20(14)25-13-21(24)22-15-11-17-16-8-4-5-9-18(16)23-19(17)12-15/h3-10,15,23H,2,11-13H2,1H3,(H,22,24). The first kappa shape index (κ1) is 15.8. The molecule has 0 bridgehead atoms. The van der Waals surface area contributed by atoms with Gasteiger partial charge >= 0.3 is 0 Å². The number of hydrogen-bond donors (Lipinski definition) is 2. The number of carbonyl (C=O) groups is 1. The summed E-state index contributed by atoms with van der Waals surface area (Å²) in [5, 5.41) is 4.37. The van der Waals surface area contributed by atoms with Crippen LogP contribution in [0.3, 0.4) is 0 Å². The van der Waals surface area contributed by atoms with Gasteiger partial charge in [-0.1, -0.05) is 43.3 Å². The Hall–Kier alpha value is -2.75. The zero-order chi connectivity index (χ0) is 17.2. The molecule has 0 saturated heterocycles. The van der Waals surface area contributed by atoms with Crippen LogP contribution in [0, 0.1) is 0 Å². The average Bonchev–Trinajstić information content (AvgIpc) is 3.17. The molecule has 3 aromatic rings. The summed E-state index contributed by atoms with van der Waals surface area (Å²) in [6.45, 7) is 2.14. The smallest absolute Gasteiger partial charge is 0.258 e. The lowest BCUT2D eigenvalue weighted by Gasteiger charge is -2.14. The maximum atomic E-state index is 12.3. The number of rotatable bonds is 5. The molecule has 2 aromatic carbocycles. The number of nitrogens with one attached hydrogen (secondary N) is 2. The van der Waals surface area contributed by atoms with Crippen LogP contribution in [-0.2, 0) is 24.1 Å². The van der Waals surface area contributed by atoms with E-state index in [1.165, 1.54) is 22.2 Å². The SMILES string of the molecule is CCc1ccccc1OCC(=O)NC1Cc2[nH]c3ccccc3c2C1. The van der Waals surface area contributed by atoms with E-state index in [1.807, 2.05) is 30.3 Å². The van der Waals surface area contributed by atoms with Gasteiger partial charge in [-0.25, -0.2) is 0 Å². The molecule has 1 aliphatic carbocycles. The molecule has 0 fully saturated rings. The van der Waals surface area contributed by atoms with E-state index in [2.05, 4.69) is 35.4 Å². The lowest BCUT2D eigenvalue weighted by atomic mass is 10.1. The second-order valence-corrected chi connectivity index (χ2v) is 6.55. The first-order valence-corrected chi connectivity index (χ1v) is 8.83. The van der Waals surface area contributed by atoms with Gasteiger partial charge in [0, 0.05) is 29.1 Å². The van der Waals surface area contributed by atoms with Crippen molar-refractivity contribution in [3.63, 3.8) is 0 Å².